The fraction of sp³-hybridized carbons (Fsp3) is 0.286. The molecule has 1 aromatic carbocycles. The summed E-state index contributed by atoms with van der Waals surface area (Å²) in [4.78, 5) is 23.3. The van der Waals surface area contributed by atoms with Crippen molar-refractivity contribution in [3.63, 3.8) is 0 Å². The molecule has 0 radical (unpaired) electrons. The molecule has 0 heterocycles. The van der Waals surface area contributed by atoms with Crippen LogP contribution in [0.4, 0.5) is 0 Å². The highest BCUT2D eigenvalue weighted by atomic mass is 35.5. The van der Waals surface area contributed by atoms with Crippen molar-refractivity contribution in [1.29, 1.82) is 0 Å². The predicted molar refractivity (Wildman–Crippen MR) is 70.0 cm³/mol. The van der Waals surface area contributed by atoms with Crippen LogP contribution in [0, 0.1) is 5.92 Å². The third kappa shape index (κ3) is 3.82. The number of Topliss-reactive ketones (excluding diaryl/α,β-unsaturated/α-hetero) is 2. The molecule has 0 amide bonds. The molecule has 0 bridgehead atoms. The molecule has 0 spiro atoms. The summed E-state index contributed by atoms with van der Waals surface area (Å²) in [6, 6.07) is 7.06. The molecule has 0 aliphatic rings. The van der Waals surface area contributed by atoms with Crippen molar-refractivity contribution in [3.8, 4) is 0 Å². The number of carbonyl (C=O) groups is 2. The normalized spacial score (nSPS) is 11.7. The van der Waals surface area contributed by atoms with E-state index in [0.717, 1.165) is 5.56 Å². The van der Waals surface area contributed by atoms with Gasteiger partial charge < -0.3 is 0 Å². The third-order valence-corrected chi connectivity index (χ3v) is 2.56. The molecule has 0 aliphatic heterocycles. The molecular formula is C14H15ClO2. The van der Waals surface area contributed by atoms with Crippen molar-refractivity contribution in [2.75, 3.05) is 0 Å². The number of ketones is 2. The first kappa shape index (κ1) is 13.7. The van der Waals surface area contributed by atoms with Gasteiger partial charge >= 0.3 is 0 Å². The minimum absolute atomic E-state index is 0.141. The van der Waals surface area contributed by atoms with Gasteiger partial charge in [0.25, 0.3) is 0 Å². The van der Waals surface area contributed by atoms with Crippen LogP contribution in [-0.2, 0) is 9.59 Å². The zero-order valence-corrected chi connectivity index (χ0v) is 10.9. The first-order chi connectivity index (χ1) is 7.91. The van der Waals surface area contributed by atoms with Crippen LogP contribution in [0.15, 0.2) is 29.8 Å². The van der Waals surface area contributed by atoms with E-state index >= 15 is 0 Å². The van der Waals surface area contributed by atoms with E-state index in [1.807, 2.05) is 6.07 Å². The molecule has 0 fully saturated rings. The van der Waals surface area contributed by atoms with Crippen LogP contribution in [0.1, 0.15) is 26.3 Å². The van der Waals surface area contributed by atoms with Gasteiger partial charge in [0, 0.05) is 10.9 Å². The third-order valence-electron chi connectivity index (χ3n) is 2.33. The second-order valence-electron chi connectivity index (χ2n) is 4.19. The van der Waals surface area contributed by atoms with Crippen LogP contribution in [0.3, 0.4) is 0 Å². The summed E-state index contributed by atoms with van der Waals surface area (Å²) in [5.41, 5.74) is 0.985. The number of hydrogen-bond acceptors (Lipinski definition) is 2. The number of rotatable bonds is 4. The van der Waals surface area contributed by atoms with E-state index in [2.05, 4.69) is 0 Å². The molecule has 0 N–H and O–H groups in total. The number of carbonyl (C=O) groups excluding carboxylic acids is 2. The minimum atomic E-state index is -0.219. The summed E-state index contributed by atoms with van der Waals surface area (Å²) < 4.78 is 0. The Bertz CT molecular complexity index is 473. The molecule has 2 nitrogen and oxygen atoms in total. The van der Waals surface area contributed by atoms with Gasteiger partial charge in [-0.25, -0.2) is 0 Å². The Kier molecular flexibility index (Phi) is 4.64. The van der Waals surface area contributed by atoms with Gasteiger partial charge in [-0.05, 0) is 30.7 Å². The summed E-state index contributed by atoms with van der Waals surface area (Å²) in [6.45, 7) is 4.95. The van der Waals surface area contributed by atoms with Crippen molar-refractivity contribution >= 4 is 29.2 Å². The lowest BCUT2D eigenvalue weighted by molar-refractivity contribution is -0.122. The maximum Gasteiger partial charge on any atom is 0.168 e. The molecule has 1 aromatic rings. The van der Waals surface area contributed by atoms with Gasteiger partial charge in [-0.1, -0.05) is 37.6 Å². The second kappa shape index (κ2) is 5.78. The lowest BCUT2D eigenvalue weighted by Gasteiger charge is -2.06. The van der Waals surface area contributed by atoms with E-state index in [1.54, 1.807) is 38.1 Å². The first-order valence-electron chi connectivity index (χ1n) is 5.44. The highest BCUT2D eigenvalue weighted by Crippen LogP contribution is 2.16. The monoisotopic (exact) mass is 250 g/mol. The van der Waals surface area contributed by atoms with Gasteiger partial charge in [0.2, 0.25) is 0 Å². The zero-order chi connectivity index (χ0) is 13.0. The highest BCUT2D eigenvalue weighted by Gasteiger charge is 2.17. The van der Waals surface area contributed by atoms with E-state index in [9.17, 15) is 9.59 Å². The lowest BCUT2D eigenvalue weighted by atomic mass is 9.96. The molecule has 0 saturated heterocycles. The molecule has 0 atom stereocenters. The van der Waals surface area contributed by atoms with Crippen LogP contribution in [0.2, 0.25) is 5.02 Å². The summed E-state index contributed by atoms with van der Waals surface area (Å²) >= 11 is 5.85. The Morgan fingerprint density at radius 2 is 1.94 bits per heavy atom. The van der Waals surface area contributed by atoms with Gasteiger partial charge in [-0.15, -0.1) is 0 Å². The molecule has 3 heteroatoms. The molecule has 0 unspecified atom stereocenters. The standard InChI is InChI=1S/C14H15ClO2/c1-9(2)14(17)13(10(3)16)8-11-5-4-6-12(15)7-11/h4-9H,1-3H3. The van der Waals surface area contributed by atoms with Gasteiger partial charge in [-0.2, -0.15) is 0 Å². The fourth-order valence-corrected chi connectivity index (χ4v) is 1.62. The topological polar surface area (TPSA) is 34.1 Å². The maximum absolute atomic E-state index is 11.9. The van der Waals surface area contributed by atoms with Gasteiger partial charge in [0.1, 0.15) is 0 Å². The van der Waals surface area contributed by atoms with Crippen LogP contribution in [0.5, 0.6) is 0 Å². The number of allylic oxidation sites excluding steroid dienone is 1. The Morgan fingerprint density at radius 1 is 1.29 bits per heavy atom. The quantitative estimate of drug-likeness (QED) is 0.465. The van der Waals surface area contributed by atoms with E-state index in [1.165, 1.54) is 6.92 Å². The average Bonchev–Trinajstić information content (AvgIpc) is 2.24. The van der Waals surface area contributed by atoms with Gasteiger partial charge in [-0.3, -0.25) is 9.59 Å². The highest BCUT2D eigenvalue weighted by molar-refractivity contribution is 6.30. The van der Waals surface area contributed by atoms with E-state index < -0.39 is 0 Å². The largest absolute Gasteiger partial charge is 0.294 e. The van der Waals surface area contributed by atoms with Crippen molar-refractivity contribution < 1.29 is 9.59 Å². The first-order valence-corrected chi connectivity index (χ1v) is 5.82. The summed E-state index contributed by atoms with van der Waals surface area (Å²) in [6.07, 6.45) is 1.59. The van der Waals surface area contributed by atoms with E-state index in [4.69, 9.17) is 11.6 Å². The Hall–Kier alpha value is -1.41. The molecular weight excluding hydrogens is 236 g/mol. The van der Waals surface area contributed by atoms with E-state index in [-0.39, 0.29) is 23.1 Å². The van der Waals surface area contributed by atoms with Crippen molar-refractivity contribution in [2.24, 2.45) is 5.92 Å². The lowest BCUT2D eigenvalue weighted by Crippen LogP contribution is -2.15. The fourth-order valence-electron chi connectivity index (χ4n) is 1.42. The smallest absolute Gasteiger partial charge is 0.168 e. The van der Waals surface area contributed by atoms with Crippen LogP contribution >= 0.6 is 11.6 Å². The van der Waals surface area contributed by atoms with Crippen LogP contribution in [-0.4, -0.2) is 11.6 Å². The molecule has 1 rings (SSSR count). The van der Waals surface area contributed by atoms with Crippen LogP contribution in [0.25, 0.3) is 6.08 Å². The summed E-state index contributed by atoms with van der Waals surface area (Å²) in [5.74, 6) is -0.550. The minimum Gasteiger partial charge on any atom is -0.294 e. The molecule has 17 heavy (non-hydrogen) atoms. The van der Waals surface area contributed by atoms with E-state index in [0.29, 0.717) is 5.02 Å². The van der Waals surface area contributed by atoms with Crippen LogP contribution < -0.4 is 0 Å². The number of halogens is 1. The molecule has 0 saturated carbocycles. The number of hydrogen-bond donors (Lipinski definition) is 0. The Labute approximate surface area is 106 Å². The zero-order valence-electron chi connectivity index (χ0n) is 10.2. The number of benzene rings is 1. The van der Waals surface area contributed by atoms with Crippen molar-refractivity contribution in [1.82, 2.24) is 0 Å². The Balaban J connectivity index is 3.15. The molecule has 0 aliphatic carbocycles. The van der Waals surface area contributed by atoms with Crippen molar-refractivity contribution in [3.05, 3.63) is 40.4 Å². The summed E-state index contributed by atoms with van der Waals surface area (Å²) in [7, 11) is 0. The SMILES string of the molecule is CC(=O)C(=Cc1cccc(Cl)c1)C(=O)C(C)C. The summed E-state index contributed by atoms with van der Waals surface area (Å²) in [5, 5.41) is 0.582. The van der Waals surface area contributed by atoms with Crippen molar-refractivity contribution in [2.45, 2.75) is 20.8 Å². The Morgan fingerprint density at radius 3 is 2.41 bits per heavy atom. The molecule has 0 aromatic heterocycles. The second-order valence-corrected chi connectivity index (χ2v) is 4.62. The van der Waals surface area contributed by atoms with Gasteiger partial charge in [0.05, 0.1) is 5.57 Å². The predicted octanol–water partition coefficient (Wildman–Crippen LogP) is 3.54. The maximum atomic E-state index is 11.9. The average molecular weight is 251 g/mol. The van der Waals surface area contributed by atoms with Gasteiger partial charge in [0.15, 0.2) is 11.6 Å². The molecule has 90 valence electrons.